The first kappa shape index (κ1) is 14.2. The van der Waals surface area contributed by atoms with Gasteiger partial charge in [0.05, 0.1) is 5.69 Å². The van der Waals surface area contributed by atoms with Crippen LogP contribution in [0.2, 0.25) is 0 Å². The fraction of sp³-hybridized carbons (Fsp3) is 0.278. The first-order chi connectivity index (χ1) is 11.3. The predicted octanol–water partition coefficient (Wildman–Crippen LogP) is 2.47. The van der Waals surface area contributed by atoms with Crippen molar-refractivity contribution in [3.05, 3.63) is 65.9 Å². The summed E-state index contributed by atoms with van der Waals surface area (Å²) in [5.74, 6) is -0.175. The van der Waals surface area contributed by atoms with Crippen molar-refractivity contribution in [3.63, 3.8) is 0 Å². The zero-order chi connectivity index (χ0) is 15.6. The fourth-order valence-electron chi connectivity index (χ4n) is 3.07. The topological polar surface area (TPSA) is 32.6 Å². The minimum absolute atomic E-state index is 0.175. The summed E-state index contributed by atoms with van der Waals surface area (Å²) in [6, 6.07) is 11.1. The van der Waals surface area contributed by atoms with Crippen molar-refractivity contribution in [2.24, 2.45) is 0 Å². The Morgan fingerprint density at radius 3 is 2.78 bits per heavy atom. The van der Waals surface area contributed by atoms with Gasteiger partial charge in [0.1, 0.15) is 11.5 Å². The van der Waals surface area contributed by atoms with Crippen LogP contribution < -0.4 is 10.2 Å². The van der Waals surface area contributed by atoms with E-state index in [1.807, 2.05) is 28.9 Å². The summed E-state index contributed by atoms with van der Waals surface area (Å²) < 4.78 is 15.8. The van der Waals surface area contributed by atoms with E-state index in [1.165, 1.54) is 11.8 Å². The molecule has 5 heteroatoms. The van der Waals surface area contributed by atoms with Gasteiger partial charge < -0.3 is 14.6 Å². The number of hydrogen-bond acceptors (Lipinski definition) is 3. The molecule has 0 unspecified atom stereocenters. The largest absolute Gasteiger partial charge is 0.369 e. The van der Waals surface area contributed by atoms with Gasteiger partial charge in [0.15, 0.2) is 0 Å². The summed E-state index contributed by atoms with van der Waals surface area (Å²) in [6.07, 6.45) is 4.52. The number of rotatable bonds is 3. The average molecular weight is 310 g/mol. The molecule has 3 heterocycles. The van der Waals surface area contributed by atoms with Crippen LogP contribution in [0.15, 0.2) is 48.8 Å². The lowest BCUT2D eigenvalue weighted by molar-refractivity contribution is 0.589. The second-order valence-electron chi connectivity index (χ2n) is 5.89. The van der Waals surface area contributed by atoms with Crippen LogP contribution in [0, 0.1) is 5.82 Å². The van der Waals surface area contributed by atoms with E-state index in [2.05, 4.69) is 27.3 Å². The van der Waals surface area contributed by atoms with E-state index >= 15 is 0 Å². The quantitative estimate of drug-likeness (QED) is 0.807. The van der Waals surface area contributed by atoms with Gasteiger partial charge in [-0.15, -0.1) is 0 Å². The van der Waals surface area contributed by atoms with Crippen LogP contribution in [0.25, 0.3) is 5.65 Å². The van der Waals surface area contributed by atoms with Gasteiger partial charge >= 0.3 is 0 Å². The molecule has 23 heavy (non-hydrogen) atoms. The number of imidazole rings is 1. The van der Waals surface area contributed by atoms with E-state index in [0.717, 1.165) is 37.5 Å². The highest BCUT2D eigenvalue weighted by atomic mass is 19.1. The SMILES string of the molecule is Fc1ccccc1Cc1cn2ccc(N3CCNCC3)cc2n1. The Labute approximate surface area is 134 Å². The Balaban J connectivity index is 1.61. The molecule has 0 spiro atoms. The fourth-order valence-corrected chi connectivity index (χ4v) is 3.07. The number of fused-ring (bicyclic) bond motifs is 1. The molecule has 0 radical (unpaired) electrons. The van der Waals surface area contributed by atoms with Crippen molar-refractivity contribution in [1.29, 1.82) is 0 Å². The Morgan fingerprint density at radius 1 is 1.13 bits per heavy atom. The number of anilines is 1. The van der Waals surface area contributed by atoms with Crippen LogP contribution >= 0.6 is 0 Å². The normalized spacial score (nSPS) is 15.3. The maximum absolute atomic E-state index is 13.8. The van der Waals surface area contributed by atoms with Crippen LogP contribution in [0.3, 0.4) is 0 Å². The van der Waals surface area contributed by atoms with Gasteiger partial charge in [-0.25, -0.2) is 9.37 Å². The first-order valence-electron chi connectivity index (χ1n) is 7.96. The zero-order valence-corrected chi connectivity index (χ0v) is 12.9. The maximum atomic E-state index is 13.8. The molecule has 0 bridgehead atoms. The predicted molar refractivity (Wildman–Crippen MR) is 89.5 cm³/mol. The van der Waals surface area contributed by atoms with E-state index in [0.29, 0.717) is 12.0 Å². The second-order valence-corrected chi connectivity index (χ2v) is 5.89. The molecule has 0 saturated carbocycles. The van der Waals surface area contributed by atoms with Crippen LogP contribution in [-0.4, -0.2) is 35.6 Å². The average Bonchev–Trinajstić information content (AvgIpc) is 2.99. The van der Waals surface area contributed by atoms with E-state index in [9.17, 15) is 4.39 Å². The molecule has 118 valence electrons. The van der Waals surface area contributed by atoms with Crippen LogP contribution in [0.1, 0.15) is 11.3 Å². The highest BCUT2D eigenvalue weighted by Crippen LogP contribution is 2.19. The summed E-state index contributed by atoms with van der Waals surface area (Å²) in [6.45, 7) is 4.05. The van der Waals surface area contributed by atoms with Crippen molar-refractivity contribution in [2.45, 2.75) is 6.42 Å². The standard InChI is InChI=1S/C18H19FN4/c19-17-4-2-1-3-14(17)11-15-13-23-8-5-16(12-18(23)21-15)22-9-6-20-7-10-22/h1-5,8,12-13,20H,6-7,9-11H2. The Kier molecular flexibility index (Phi) is 3.71. The highest BCUT2D eigenvalue weighted by molar-refractivity contribution is 5.57. The second kappa shape index (κ2) is 6.01. The number of nitrogens with zero attached hydrogens (tertiary/aromatic N) is 3. The lowest BCUT2D eigenvalue weighted by Gasteiger charge is -2.29. The molecule has 3 aromatic rings. The molecule has 0 atom stereocenters. The van der Waals surface area contributed by atoms with Gasteiger partial charge in [-0.05, 0) is 17.7 Å². The zero-order valence-electron chi connectivity index (χ0n) is 12.9. The third-order valence-electron chi connectivity index (χ3n) is 4.31. The van der Waals surface area contributed by atoms with E-state index in [4.69, 9.17) is 0 Å². The van der Waals surface area contributed by atoms with Gasteiger partial charge in [-0.3, -0.25) is 0 Å². The highest BCUT2D eigenvalue weighted by Gasteiger charge is 2.12. The smallest absolute Gasteiger partial charge is 0.139 e. The maximum Gasteiger partial charge on any atom is 0.139 e. The summed E-state index contributed by atoms with van der Waals surface area (Å²) in [7, 11) is 0. The molecule has 1 aliphatic rings. The van der Waals surface area contributed by atoms with Crippen molar-refractivity contribution >= 4 is 11.3 Å². The summed E-state index contributed by atoms with van der Waals surface area (Å²) >= 11 is 0. The molecule has 1 N–H and O–H groups in total. The third kappa shape index (κ3) is 2.92. The number of pyridine rings is 1. The molecule has 1 aromatic carbocycles. The molecular formula is C18H19FN4. The van der Waals surface area contributed by atoms with Gasteiger partial charge in [0.2, 0.25) is 0 Å². The minimum atomic E-state index is -0.175. The van der Waals surface area contributed by atoms with Crippen LogP contribution in [0.4, 0.5) is 10.1 Å². The molecule has 4 rings (SSSR count). The monoisotopic (exact) mass is 310 g/mol. The van der Waals surface area contributed by atoms with Crippen molar-refractivity contribution in [2.75, 3.05) is 31.1 Å². The van der Waals surface area contributed by atoms with Crippen molar-refractivity contribution in [1.82, 2.24) is 14.7 Å². The number of piperazine rings is 1. The van der Waals surface area contributed by atoms with Crippen molar-refractivity contribution < 1.29 is 4.39 Å². The Morgan fingerprint density at radius 2 is 1.96 bits per heavy atom. The number of nitrogens with one attached hydrogen (secondary N) is 1. The van der Waals surface area contributed by atoms with E-state index < -0.39 is 0 Å². The molecule has 1 aliphatic heterocycles. The number of halogens is 1. The molecule has 4 nitrogen and oxygen atoms in total. The van der Waals surface area contributed by atoms with Gasteiger partial charge in [0, 0.05) is 56.7 Å². The Hall–Kier alpha value is -2.40. The number of benzene rings is 1. The molecule has 2 aromatic heterocycles. The summed E-state index contributed by atoms with van der Waals surface area (Å²) in [5, 5.41) is 3.36. The van der Waals surface area contributed by atoms with E-state index in [-0.39, 0.29) is 5.82 Å². The molecule has 0 amide bonds. The lowest BCUT2D eigenvalue weighted by atomic mass is 10.1. The molecule has 0 aliphatic carbocycles. The van der Waals surface area contributed by atoms with Gasteiger partial charge in [-0.1, -0.05) is 18.2 Å². The lowest BCUT2D eigenvalue weighted by Crippen LogP contribution is -2.43. The summed E-state index contributed by atoms with van der Waals surface area (Å²) in [5.41, 5.74) is 3.67. The van der Waals surface area contributed by atoms with E-state index in [1.54, 1.807) is 6.07 Å². The van der Waals surface area contributed by atoms with Crippen LogP contribution in [-0.2, 0) is 6.42 Å². The van der Waals surface area contributed by atoms with Gasteiger partial charge in [-0.2, -0.15) is 0 Å². The molecule has 1 saturated heterocycles. The van der Waals surface area contributed by atoms with Crippen LogP contribution in [0.5, 0.6) is 0 Å². The first-order valence-corrected chi connectivity index (χ1v) is 7.96. The number of aromatic nitrogens is 2. The molecular weight excluding hydrogens is 291 g/mol. The number of hydrogen-bond donors (Lipinski definition) is 1. The third-order valence-corrected chi connectivity index (χ3v) is 4.31. The van der Waals surface area contributed by atoms with Gasteiger partial charge in [0.25, 0.3) is 0 Å². The minimum Gasteiger partial charge on any atom is -0.369 e. The summed E-state index contributed by atoms with van der Waals surface area (Å²) in [4.78, 5) is 7.02. The molecule has 1 fully saturated rings. The van der Waals surface area contributed by atoms with Crippen molar-refractivity contribution in [3.8, 4) is 0 Å². The Bertz CT molecular complexity index is 821.